The van der Waals surface area contributed by atoms with Gasteiger partial charge in [-0.2, -0.15) is 0 Å². The highest BCUT2D eigenvalue weighted by Gasteiger charge is 2.35. The van der Waals surface area contributed by atoms with E-state index in [0.29, 0.717) is 12.8 Å². The van der Waals surface area contributed by atoms with E-state index in [2.05, 4.69) is 10.3 Å². The first-order valence-corrected chi connectivity index (χ1v) is 6.34. The number of nitrogens with one attached hydrogen (secondary N) is 1. The highest BCUT2D eigenvalue weighted by molar-refractivity contribution is 5.87. The van der Waals surface area contributed by atoms with Crippen LogP contribution in [-0.2, 0) is 20.9 Å². The van der Waals surface area contributed by atoms with E-state index in [0.717, 1.165) is 0 Å². The fourth-order valence-electron chi connectivity index (χ4n) is 1.95. The Morgan fingerprint density at radius 1 is 1.50 bits per heavy atom. The van der Waals surface area contributed by atoms with E-state index in [9.17, 15) is 14.4 Å². The molecular formula is C13H19N3O4. The monoisotopic (exact) mass is 281 g/mol. The quantitative estimate of drug-likeness (QED) is 0.746. The van der Waals surface area contributed by atoms with Gasteiger partial charge in [0.05, 0.1) is 7.11 Å². The van der Waals surface area contributed by atoms with Gasteiger partial charge in [-0.25, -0.2) is 14.6 Å². The number of amides is 1. The first-order chi connectivity index (χ1) is 9.42. The number of carbonyl (C=O) groups excluding carboxylic acids is 2. The summed E-state index contributed by atoms with van der Waals surface area (Å²) in [6, 6.07) is 1.56. The van der Waals surface area contributed by atoms with Crippen LogP contribution in [0, 0.1) is 0 Å². The van der Waals surface area contributed by atoms with Gasteiger partial charge in [0.25, 0.3) is 0 Å². The lowest BCUT2D eigenvalue weighted by Gasteiger charge is -2.27. The summed E-state index contributed by atoms with van der Waals surface area (Å²) in [7, 11) is 1.27. The Labute approximate surface area is 117 Å². The predicted octanol–water partition coefficient (Wildman–Crippen LogP) is 0.0913. The SMILES string of the molecule is CCCC(C)(NC(=O)Cn1cccnc1=O)C(=O)OC. The summed E-state index contributed by atoms with van der Waals surface area (Å²) in [5.41, 5.74) is -1.61. The van der Waals surface area contributed by atoms with Crippen molar-refractivity contribution in [2.75, 3.05) is 7.11 Å². The van der Waals surface area contributed by atoms with Crippen LogP contribution in [-0.4, -0.2) is 34.1 Å². The fraction of sp³-hybridized carbons (Fsp3) is 0.538. The highest BCUT2D eigenvalue weighted by atomic mass is 16.5. The maximum atomic E-state index is 12.0. The number of nitrogens with zero attached hydrogens (tertiary/aromatic N) is 2. The average Bonchev–Trinajstić information content (AvgIpc) is 2.40. The van der Waals surface area contributed by atoms with Crippen LogP contribution in [0.3, 0.4) is 0 Å². The fourth-order valence-corrected chi connectivity index (χ4v) is 1.95. The van der Waals surface area contributed by atoms with Crippen LogP contribution >= 0.6 is 0 Å². The van der Waals surface area contributed by atoms with Crippen LogP contribution in [0.4, 0.5) is 0 Å². The van der Waals surface area contributed by atoms with Gasteiger partial charge >= 0.3 is 11.7 Å². The average molecular weight is 281 g/mol. The largest absolute Gasteiger partial charge is 0.467 e. The molecule has 1 unspecified atom stereocenters. The summed E-state index contributed by atoms with van der Waals surface area (Å²) >= 11 is 0. The molecule has 0 saturated carbocycles. The molecular weight excluding hydrogens is 262 g/mol. The van der Waals surface area contributed by atoms with Gasteiger partial charge in [0, 0.05) is 12.4 Å². The van der Waals surface area contributed by atoms with Crippen molar-refractivity contribution >= 4 is 11.9 Å². The molecule has 7 heteroatoms. The van der Waals surface area contributed by atoms with Gasteiger partial charge in [-0.05, 0) is 19.4 Å². The second kappa shape index (κ2) is 6.83. The van der Waals surface area contributed by atoms with E-state index >= 15 is 0 Å². The van der Waals surface area contributed by atoms with Crippen molar-refractivity contribution in [3.63, 3.8) is 0 Å². The zero-order valence-corrected chi connectivity index (χ0v) is 11.9. The summed E-state index contributed by atoms with van der Waals surface area (Å²) in [4.78, 5) is 38.7. The molecule has 0 aliphatic heterocycles. The van der Waals surface area contributed by atoms with Gasteiger partial charge in [0.2, 0.25) is 5.91 Å². The number of hydrogen-bond acceptors (Lipinski definition) is 5. The molecule has 0 aliphatic rings. The van der Waals surface area contributed by atoms with Gasteiger partial charge in [-0.1, -0.05) is 13.3 Å². The molecule has 1 aromatic rings. The second-order valence-corrected chi connectivity index (χ2v) is 4.65. The van der Waals surface area contributed by atoms with Crippen molar-refractivity contribution in [1.29, 1.82) is 0 Å². The van der Waals surface area contributed by atoms with Crippen molar-refractivity contribution in [3.05, 3.63) is 28.9 Å². The molecule has 0 saturated heterocycles. The van der Waals surface area contributed by atoms with E-state index in [1.807, 2.05) is 6.92 Å². The van der Waals surface area contributed by atoms with Crippen molar-refractivity contribution in [3.8, 4) is 0 Å². The molecule has 0 radical (unpaired) electrons. The Morgan fingerprint density at radius 3 is 2.75 bits per heavy atom. The molecule has 1 rings (SSSR count). The van der Waals surface area contributed by atoms with E-state index in [-0.39, 0.29) is 6.54 Å². The van der Waals surface area contributed by atoms with Crippen molar-refractivity contribution in [2.45, 2.75) is 38.8 Å². The minimum atomic E-state index is -1.09. The molecule has 1 aromatic heterocycles. The number of methoxy groups -OCH3 is 1. The van der Waals surface area contributed by atoms with Crippen LogP contribution in [0.25, 0.3) is 0 Å². The summed E-state index contributed by atoms with van der Waals surface area (Å²) in [6.07, 6.45) is 3.97. The predicted molar refractivity (Wildman–Crippen MR) is 72.0 cm³/mol. The van der Waals surface area contributed by atoms with Crippen LogP contribution < -0.4 is 11.0 Å². The van der Waals surface area contributed by atoms with Gasteiger partial charge in [-0.15, -0.1) is 0 Å². The Balaban J connectivity index is 2.80. The van der Waals surface area contributed by atoms with E-state index in [4.69, 9.17) is 4.74 Å². The zero-order valence-electron chi connectivity index (χ0n) is 11.9. The molecule has 0 aliphatic carbocycles. The lowest BCUT2D eigenvalue weighted by molar-refractivity contribution is -0.150. The molecule has 1 N–H and O–H groups in total. The van der Waals surface area contributed by atoms with Gasteiger partial charge in [0.15, 0.2) is 0 Å². The van der Waals surface area contributed by atoms with Crippen molar-refractivity contribution in [2.24, 2.45) is 0 Å². The molecule has 0 bridgehead atoms. The van der Waals surface area contributed by atoms with E-state index in [1.165, 1.54) is 24.1 Å². The maximum Gasteiger partial charge on any atom is 0.347 e. The molecule has 0 aromatic carbocycles. The number of aromatic nitrogens is 2. The maximum absolute atomic E-state index is 12.0. The van der Waals surface area contributed by atoms with Gasteiger partial charge in [0.1, 0.15) is 12.1 Å². The third kappa shape index (κ3) is 3.91. The van der Waals surface area contributed by atoms with Crippen molar-refractivity contribution < 1.29 is 14.3 Å². The summed E-state index contributed by atoms with van der Waals surface area (Å²) in [6.45, 7) is 3.31. The normalized spacial score (nSPS) is 13.3. The van der Waals surface area contributed by atoms with Crippen LogP contribution in [0.5, 0.6) is 0 Å². The molecule has 110 valence electrons. The Kier molecular flexibility index (Phi) is 5.42. The first kappa shape index (κ1) is 15.9. The lowest BCUT2D eigenvalue weighted by Crippen LogP contribution is -2.53. The molecule has 20 heavy (non-hydrogen) atoms. The molecule has 1 heterocycles. The van der Waals surface area contributed by atoms with Crippen LogP contribution in [0.2, 0.25) is 0 Å². The van der Waals surface area contributed by atoms with E-state index < -0.39 is 23.1 Å². The number of rotatable bonds is 6. The van der Waals surface area contributed by atoms with E-state index in [1.54, 1.807) is 13.0 Å². The summed E-state index contributed by atoms with van der Waals surface area (Å²) in [5, 5.41) is 2.62. The summed E-state index contributed by atoms with van der Waals surface area (Å²) < 4.78 is 5.87. The summed E-state index contributed by atoms with van der Waals surface area (Å²) in [5.74, 6) is -0.951. The minimum absolute atomic E-state index is 0.191. The topological polar surface area (TPSA) is 90.3 Å². The third-order valence-electron chi connectivity index (χ3n) is 2.90. The van der Waals surface area contributed by atoms with Crippen LogP contribution in [0.15, 0.2) is 23.3 Å². The number of hydrogen-bond donors (Lipinski definition) is 1. The number of ether oxygens (including phenoxy) is 1. The van der Waals surface area contributed by atoms with Gasteiger partial charge < -0.3 is 10.1 Å². The van der Waals surface area contributed by atoms with Crippen LogP contribution in [0.1, 0.15) is 26.7 Å². The third-order valence-corrected chi connectivity index (χ3v) is 2.90. The standard InChI is InChI=1S/C13H19N3O4/c1-4-6-13(2,11(18)20-3)15-10(17)9-16-8-5-7-14-12(16)19/h5,7-8H,4,6,9H2,1-3H3,(H,15,17). The number of esters is 1. The molecule has 0 spiro atoms. The smallest absolute Gasteiger partial charge is 0.347 e. The molecule has 1 atom stereocenters. The molecule has 0 fully saturated rings. The Morgan fingerprint density at radius 2 is 2.20 bits per heavy atom. The Hall–Kier alpha value is -2.18. The molecule has 1 amide bonds. The first-order valence-electron chi connectivity index (χ1n) is 6.34. The number of carbonyl (C=O) groups is 2. The zero-order chi connectivity index (χ0) is 15.2. The Bertz CT molecular complexity index is 540. The van der Waals surface area contributed by atoms with Crippen molar-refractivity contribution in [1.82, 2.24) is 14.9 Å². The minimum Gasteiger partial charge on any atom is -0.467 e. The highest BCUT2D eigenvalue weighted by Crippen LogP contribution is 2.14. The molecule has 7 nitrogen and oxygen atoms in total. The second-order valence-electron chi connectivity index (χ2n) is 4.65. The van der Waals surface area contributed by atoms with Gasteiger partial charge in [-0.3, -0.25) is 9.36 Å². The lowest BCUT2D eigenvalue weighted by atomic mass is 9.96.